The van der Waals surface area contributed by atoms with Gasteiger partial charge in [0.05, 0.1) is 37.6 Å². The summed E-state index contributed by atoms with van der Waals surface area (Å²) in [6.45, 7) is 5.82. The maximum Gasteiger partial charge on any atom is 0.262 e. The van der Waals surface area contributed by atoms with Crippen molar-refractivity contribution in [2.75, 3.05) is 52.6 Å². The number of benzene rings is 1. The zero-order chi connectivity index (χ0) is 24.8. The van der Waals surface area contributed by atoms with Crippen molar-refractivity contribution >= 4 is 23.6 Å². The lowest BCUT2D eigenvalue weighted by Gasteiger charge is -2.32. The summed E-state index contributed by atoms with van der Waals surface area (Å²) in [5, 5.41) is 2.22. The van der Waals surface area contributed by atoms with Crippen molar-refractivity contribution in [3.05, 3.63) is 34.9 Å². The van der Waals surface area contributed by atoms with Crippen LogP contribution in [0.5, 0.6) is 0 Å². The maximum atomic E-state index is 13.0. The molecule has 1 atom stereocenters. The first kappa shape index (κ1) is 25.4. The lowest BCUT2D eigenvalue weighted by atomic mass is 9.89. The number of nitrogens with zero attached hydrogens (tertiary/aromatic N) is 2. The number of piperidine rings is 2. The van der Waals surface area contributed by atoms with Crippen molar-refractivity contribution in [2.45, 2.75) is 38.1 Å². The van der Waals surface area contributed by atoms with Crippen molar-refractivity contribution in [3.8, 4) is 0 Å². The van der Waals surface area contributed by atoms with E-state index < -0.39 is 23.8 Å². The Balaban J connectivity index is 1.25. The number of rotatable bonds is 11. The van der Waals surface area contributed by atoms with Gasteiger partial charge in [-0.15, -0.1) is 0 Å². The van der Waals surface area contributed by atoms with Crippen molar-refractivity contribution in [1.82, 2.24) is 15.1 Å². The number of hydrogen-bond donors (Lipinski definition) is 2. The summed E-state index contributed by atoms with van der Waals surface area (Å²) in [6.07, 6.45) is 3.24. The number of amides is 4. The Labute approximate surface area is 205 Å². The third-order valence-corrected chi connectivity index (χ3v) is 6.92. The van der Waals surface area contributed by atoms with Crippen LogP contribution in [0.3, 0.4) is 0 Å². The summed E-state index contributed by atoms with van der Waals surface area (Å²) in [4.78, 5) is 53.0. The highest BCUT2D eigenvalue weighted by Crippen LogP contribution is 2.30. The molecule has 1 unspecified atom stereocenters. The fourth-order valence-electron chi connectivity index (χ4n) is 4.99. The molecule has 2 saturated heterocycles. The molecule has 3 aliphatic heterocycles. The molecule has 0 aliphatic carbocycles. The van der Waals surface area contributed by atoms with Crippen LogP contribution in [0.25, 0.3) is 0 Å². The van der Waals surface area contributed by atoms with Crippen molar-refractivity contribution in [3.63, 3.8) is 0 Å². The molecule has 3 N–H and O–H groups in total. The third kappa shape index (κ3) is 6.13. The molecule has 4 rings (SSSR count). The Morgan fingerprint density at radius 1 is 0.914 bits per heavy atom. The Bertz CT molecular complexity index is 959. The molecule has 10 heteroatoms. The van der Waals surface area contributed by atoms with Crippen LogP contribution in [0, 0.1) is 5.92 Å². The minimum atomic E-state index is -0.935. The van der Waals surface area contributed by atoms with Crippen LogP contribution in [-0.4, -0.2) is 92.1 Å². The predicted octanol–water partition coefficient (Wildman–Crippen LogP) is 0.334. The molecule has 10 nitrogen and oxygen atoms in total. The van der Waals surface area contributed by atoms with E-state index in [4.69, 9.17) is 15.2 Å². The minimum Gasteiger partial charge on any atom is -0.378 e. The summed E-state index contributed by atoms with van der Waals surface area (Å²) in [6, 6.07) is 4.47. The number of hydrogen-bond acceptors (Lipinski definition) is 8. The van der Waals surface area contributed by atoms with Gasteiger partial charge < -0.3 is 20.1 Å². The molecule has 3 heterocycles. The minimum absolute atomic E-state index is 0.114. The molecular formula is C25H34N4O6. The largest absolute Gasteiger partial charge is 0.378 e. The lowest BCUT2D eigenvalue weighted by molar-refractivity contribution is -0.136. The molecule has 1 aromatic rings. The Kier molecular flexibility index (Phi) is 8.61. The van der Waals surface area contributed by atoms with Crippen LogP contribution >= 0.6 is 0 Å². The molecule has 0 saturated carbocycles. The van der Waals surface area contributed by atoms with Crippen LogP contribution in [0.1, 0.15) is 52.0 Å². The zero-order valence-corrected chi connectivity index (χ0v) is 20.0. The normalized spacial score (nSPS) is 21.5. The quantitative estimate of drug-likeness (QED) is 0.338. The molecule has 2 fully saturated rings. The van der Waals surface area contributed by atoms with E-state index >= 15 is 0 Å². The number of nitrogens with two attached hydrogens (primary N) is 1. The molecule has 0 radical (unpaired) electrons. The molecule has 1 aromatic carbocycles. The van der Waals surface area contributed by atoms with E-state index in [9.17, 15) is 19.2 Å². The number of ether oxygens (including phenoxy) is 2. The standard InChI is InChI=1S/C25H34N4O6/c26-7-11-34-13-14-35-12-10-28-8-5-17(6-9-28)15-18-1-2-19-20(16-18)25(33)29(24(19)32)21-3-4-22(30)27-23(21)31/h1-2,16-17,21H,3-15,26H2,(H,27,30,31). The van der Waals surface area contributed by atoms with Gasteiger partial charge >= 0.3 is 0 Å². The maximum absolute atomic E-state index is 13.0. The number of likely N-dealkylation sites (tertiary alicyclic amines) is 1. The van der Waals surface area contributed by atoms with Crippen LogP contribution in [0.15, 0.2) is 18.2 Å². The number of fused-ring (bicyclic) bond motifs is 1. The highest BCUT2D eigenvalue weighted by Gasteiger charge is 2.44. The van der Waals surface area contributed by atoms with E-state index in [1.807, 2.05) is 6.07 Å². The van der Waals surface area contributed by atoms with E-state index in [0.29, 0.717) is 50.0 Å². The van der Waals surface area contributed by atoms with Gasteiger partial charge in [-0.2, -0.15) is 0 Å². The molecule has 0 spiro atoms. The molecule has 3 aliphatic rings. The second kappa shape index (κ2) is 11.9. The van der Waals surface area contributed by atoms with Gasteiger partial charge in [-0.05, 0) is 62.4 Å². The van der Waals surface area contributed by atoms with Gasteiger partial charge in [0.2, 0.25) is 11.8 Å². The fourth-order valence-corrected chi connectivity index (χ4v) is 4.99. The first-order chi connectivity index (χ1) is 17.0. The molecule has 190 valence electrons. The van der Waals surface area contributed by atoms with E-state index in [-0.39, 0.29) is 18.7 Å². The summed E-state index contributed by atoms with van der Waals surface area (Å²) in [5.74, 6) is -1.38. The van der Waals surface area contributed by atoms with Gasteiger partial charge in [-0.3, -0.25) is 29.4 Å². The molecule has 4 amide bonds. The van der Waals surface area contributed by atoms with Crippen molar-refractivity contribution in [2.24, 2.45) is 11.7 Å². The summed E-state index contributed by atoms with van der Waals surface area (Å²) < 4.78 is 10.9. The Morgan fingerprint density at radius 3 is 2.34 bits per heavy atom. The van der Waals surface area contributed by atoms with Crippen molar-refractivity contribution in [1.29, 1.82) is 0 Å². The average Bonchev–Trinajstić information content (AvgIpc) is 3.09. The van der Waals surface area contributed by atoms with Crippen LogP contribution in [0.2, 0.25) is 0 Å². The highest BCUT2D eigenvalue weighted by molar-refractivity contribution is 6.23. The molecular weight excluding hydrogens is 452 g/mol. The van der Waals surface area contributed by atoms with Gasteiger partial charge in [0.25, 0.3) is 11.8 Å². The lowest BCUT2D eigenvalue weighted by Crippen LogP contribution is -2.54. The Morgan fingerprint density at radius 2 is 1.63 bits per heavy atom. The predicted molar refractivity (Wildman–Crippen MR) is 127 cm³/mol. The van der Waals surface area contributed by atoms with E-state index in [1.54, 1.807) is 12.1 Å². The highest BCUT2D eigenvalue weighted by atomic mass is 16.5. The third-order valence-electron chi connectivity index (χ3n) is 6.92. The van der Waals surface area contributed by atoms with Crippen LogP contribution in [-0.2, 0) is 25.5 Å². The van der Waals surface area contributed by atoms with Gasteiger partial charge in [0, 0.05) is 19.5 Å². The van der Waals surface area contributed by atoms with E-state index in [2.05, 4.69) is 10.2 Å². The molecule has 35 heavy (non-hydrogen) atoms. The monoisotopic (exact) mass is 486 g/mol. The molecule has 0 bridgehead atoms. The second-order valence-corrected chi connectivity index (χ2v) is 9.33. The summed E-state index contributed by atoms with van der Waals surface area (Å²) in [7, 11) is 0. The number of nitrogens with one attached hydrogen (secondary N) is 1. The first-order valence-corrected chi connectivity index (χ1v) is 12.4. The zero-order valence-electron chi connectivity index (χ0n) is 20.0. The van der Waals surface area contributed by atoms with Gasteiger partial charge in [-0.1, -0.05) is 6.07 Å². The van der Waals surface area contributed by atoms with E-state index in [0.717, 1.165) is 49.4 Å². The van der Waals surface area contributed by atoms with Crippen molar-refractivity contribution < 1.29 is 28.7 Å². The number of carbonyl (C=O) groups is 4. The van der Waals surface area contributed by atoms with Gasteiger partial charge in [0.15, 0.2) is 0 Å². The topological polar surface area (TPSA) is 131 Å². The average molecular weight is 487 g/mol. The second-order valence-electron chi connectivity index (χ2n) is 9.33. The smallest absolute Gasteiger partial charge is 0.262 e. The summed E-state index contributed by atoms with van der Waals surface area (Å²) >= 11 is 0. The molecule has 0 aromatic heterocycles. The van der Waals surface area contributed by atoms with Gasteiger partial charge in [-0.25, -0.2) is 0 Å². The Hall–Kier alpha value is -2.66. The number of imide groups is 2. The van der Waals surface area contributed by atoms with Crippen LogP contribution in [0.4, 0.5) is 0 Å². The van der Waals surface area contributed by atoms with Gasteiger partial charge in [0.1, 0.15) is 6.04 Å². The van der Waals surface area contributed by atoms with Crippen LogP contribution < -0.4 is 11.1 Å². The number of carbonyl (C=O) groups excluding carboxylic acids is 4. The SMILES string of the molecule is NCCOCCOCCN1CCC(Cc2ccc3c(c2)C(=O)N(C2CCC(=O)NC2=O)C3=O)CC1. The fraction of sp³-hybridized carbons (Fsp3) is 0.600. The van der Waals surface area contributed by atoms with E-state index in [1.165, 1.54) is 0 Å². The summed E-state index contributed by atoms with van der Waals surface area (Å²) in [5.41, 5.74) is 7.08. The first-order valence-electron chi connectivity index (χ1n) is 12.4.